The molecule has 1 saturated carbocycles. The monoisotopic (exact) mass is 524 g/mol. The van der Waals surface area contributed by atoms with Gasteiger partial charge in [-0.3, -0.25) is 9.59 Å². The largest absolute Gasteiger partial charge is 0.377 e. The van der Waals surface area contributed by atoms with Crippen molar-refractivity contribution in [3.05, 3.63) is 101 Å². The van der Waals surface area contributed by atoms with Gasteiger partial charge in [0.1, 0.15) is 17.4 Å². The summed E-state index contributed by atoms with van der Waals surface area (Å²) in [6.07, 6.45) is 0.986. The SMILES string of the molecule is CN(C)c1ccccc1CC(=O)N1CC2C(=O)CCC(c3cccc(F)c3)(c3cccc(F)c3)C2C1.Cl. The van der Waals surface area contributed by atoms with Crippen LogP contribution >= 0.6 is 12.4 Å². The maximum Gasteiger partial charge on any atom is 0.227 e. The lowest BCUT2D eigenvalue weighted by Crippen LogP contribution is -2.47. The average Bonchev–Trinajstić information content (AvgIpc) is 3.32. The minimum absolute atomic E-state index is 0. The molecule has 5 rings (SSSR count). The Morgan fingerprint density at radius 2 is 1.57 bits per heavy atom. The van der Waals surface area contributed by atoms with Crippen molar-refractivity contribution in [3.8, 4) is 0 Å². The Morgan fingerprint density at radius 3 is 2.16 bits per heavy atom. The summed E-state index contributed by atoms with van der Waals surface area (Å²) >= 11 is 0. The van der Waals surface area contributed by atoms with Gasteiger partial charge in [0, 0.05) is 56.5 Å². The Morgan fingerprint density at radius 1 is 0.946 bits per heavy atom. The van der Waals surface area contributed by atoms with E-state index in [2.05, 4.69) is 0 Å². The van der Waals surface area contributed by atoms with E-state index in [0.29, 0.717) is 25.9 Å². The van der Waals surface area contributed by atoms with Crippen molar-refractivity contribution in [2.24, 2.45) is 11.8 Å². The minimum atomic E-state index is -0.765. The van der Waals surface area contributed by atoms with Crippen LogP contribution in [-0.4, -0.2) is 43.8 Å². The number of hydrogen-bond donors (Lipinski definition) is 0. The molecule has 2 fully saturated rings. The first-order chi connectivity index (χ1) is 17.3. The van der Waals surface area contributed by atoms with Gasteiger partial charge < -0.3 is 9.80 Å². The van der Waals surface area contributed by atoms with Gasteiger partial charge in [-0.1, -0.05) is 42.5 Å². The van der Waals surface area contributed by atoms with E-state index < -0.39 is 5.41 Å². The summed E-state index contributed by atoms with van der Waals surface area (Å²) in [5.41, 5.74) is 2.59. The van der Waals surface area contributed by atoms with E-state index in [-0.39, 0.29) is 54.0 Å². The van der Waals surface area contributed by atoms with Crippen LogP contribution in [0.4, 0.5) is 14.5 Å². The van der Waals surface area contributed by atoms with Crippen molar-refractivity contribution >= 4 is 29.8 Å². The minimum Gasteiger partial charge on any atom is -0.377 e. The van der Waals surface area contributed by atoms with E-state index in [4.69, 9.17) is 0 Å². The number of hydrogen-bond acceptors (Lipinski definition) is 3. The summed E-state index contributed by atoms with van der Waals surface area (Å²) in [4.78, 5) is 30.4. The van der Waals surface area contributed by atoms with Crippen LogP contribution in [0.3, 0.4) is 0 Å². The molecule has 0 bridgehead atoms. The smallest absolute Gasteiger partial charge is 0.227 e. The van der Waals surface area contributed by atoms with Gasteiger partial charge in [-0.2, -0.15) is 0 Å². The van der Waals surface area contributed by atoms with Gasteiger partial charge in [-0.15, -0.1) is 12.4 Å². The highest BCUT2D eigenvalue weighted by molar-refractivity contribution is 5.87. The van der Waals surface area contributed by atoms with Crippen LogP contribution in [0.1, 0.15) is 29.5 Å². The molecule has 1 aliphatic heterocycles. The fourth-order valence-corrected chi connectivity index (χ4v) is 6.31. The maximum atomic E-state index is 14.4. The van der Waals surface area contributed by atoms with Crippen LogP contribution in [0, 0.1) is 23.5 Å². The number of carbonyl (C=O) groups is 2. The second-order valence-electron chi connectivity index (χ2n) is 10.2. The number of halogens is 3. The normalized spacial score (nSPS) is 20.2. The van der Waals surface area contributed by atoms with Crippen molar-refractivity contribution in [1.82, 2.24) is 4.90 Å². The number of Topliss-reactive ketones (excluding diaryl/α,β-unsaturated/α-hetero) is 1. The molecule has 2 atom stereocenters. The van der Waals surface area contributed by atoms with Gasteiger partial charge in [0.15, 0.2) is 0 Å². The molecule has 7 heteroatoms. The molecule has 1 heterocycles. The summed E-state index contributed by atoms with van der Waals surface area (Å²) in [6.45, 7) is 0.700. The highest BCUT2D eigenvalue weighted by atomic mass is 35.5. The molecule has 0 radical (unpaired) electrons. The third-order valence-electron chi connectivity index (χ3n) is 7.98. The van der Waals surface area contributed by atoms with Gasteiger partial charge in [0.05, 0.1) is 6.42 Å². The number of likely N-dealkylation sites (tertiary alicyclic amines) is 1. The molecule has 194 valence electrons. The molecule has 1 aliphatic carbocycles. The van der Waals surface area contributed by atoms with Gasteiger partial charge >= 0.3 is 0 Å². The van der Waals surface area contributed by atoms with Gasteiger partial charge in [0.25, 0.3) is 0 Å². The van der Waals surface area contributed by atoms with E-state index in [9.17, 15) is 18.4 Å². The number of fused-ring (bicyclic) bond motifs is 1. The van der Waals surface area contributed by atoms with Crippen LogP contribution in [0.15, 0.2) is 72.8 Å². The number of carbonyl (C=O) groups excluding carboxylic acids is 2. The van der Waals surface area contributed by atoms with Gasteiger partial charge in [-0.25, -0.2) is 8.78 Å². The maximum absolute atomic E-state index is 14.4. The van der Waals surface area contributed by atoms with Crippen molar-refractivity contribution in [2.75, 3.05) is 32.1 Å². The number of anilines is 1. The van der Waals surface area contributed by atoms with Crippen molar-refractivity contribution in [3.63, 3.8) is 0 Å². The van der Waals surface area contributed by atoms with Crippen molar-refractivity contribution < 1.29 is 18.4 Å². The topological polar surface area (TPSA) is 40.6 Å². The number of benzene rings is 3. The summed E-state index contributed by atoms with van der Waals surface area (Å²) in [7, 11) is 3.89. The fourth-order valence-electron chi connectivity index (χ4n) is 6.31. The van der Waals surface area contributed by atoms with Crippen LogP contribution in [-0.2, 0) is 21.4 Å². The Labute approximate surface area is 222 Å². The van der Waals surface area contributed by atoms with E-state index in [0.717, 1.165) is 22.4 Å². The zero-order valence-electron chi connectivity index (χ0n) is 21.0. The molecule has 1 amide bonds. The molecule has 0 N–H and O–H groups in total. The first-order valence-corrected chi connectivity index (χ1v) is 12.4. The van der Waals surface area contributed by atoms with Gasteiger partial charge in [-0.05, 0) is 53.4 Å². The number of para-hydroxylation sites is 1. The molecule has 1 saturated heterocycles. The molecule has 3 aromatic carbocycles. The van der Waals surface area contributed by atoms with Crippen LogP contribution in [0.5, 0.6) is 0 Å². The Bertz CT molecular complexity index is 1270. The van der Waals surface area contributed by atoms with E-state index in [1.165, 1.54) is 24.3 Å². The molecule has 2 unspecified atom stereocenters. The summed E-state index contributed by atoms with van der Waals surface area (Å²) < 4.78 is 28.9. The lowest BCUT2D eigenvalue weighted by atomic mass is 9.56. The van der Waals surface area contributed by atoms with E-state index in [1.807, 2.05) is 55.4 Å². The third kappa shape index (κ3) is 4.87. The van der Waals surface area contributed by atoms with Crippen molar-refractivity contribution in [1.29, 1.82) is 0 Å². The third-order valence-corrected chi connectivity index (χ3v) is 7.98. The van der Waals surface area contributed by atoms with Crippen LogP contribution in [0.25, 0.3) is 0 Å². The van der Waals surface area contributed by atoms with Crippen LogP contribution < -0.4 is 4.90 Å². The molecule has 0 aromatic heterocycles. The first kappa shape index (κ1) is 26.8. The number of ketones is 1. The molecule has 3 aromatic rings. The standard InChI is InChI=1S/C30H30F2N2O2.ClH/c1-33(2)27-12-4-3-7-20(27)15-29(36)34-18-25-26(19-34)30(14-13-28(25)35,21-8-5-10-23(31)16-21)22-9-6-11-24(32)17-22;/h3-12,16-17,25-26H,13-15,18-19H2,1-2H3;1H. The Kier molecular flexibility index (Phi) is 7.69. The summed E-state index contributed by atoms with van der Waals surface area (Å²) in [5.74, 6) is -1.31. The molecular formula is C30H31ClF2N2O2. The molecule has 37 heavy (non-hydrogen) atoms. The zero-order valence-corrected chi connectivity index (χ0v) is 21.8. The second kappa shape index (κ2) is 10.6. The van der Waals surface area contributed by atoms with E-state index in [1.54, 1.807) is 17.0 Å². The quantitative estimate of drug-likeness (QED) is 0.447. The lowest BCUT2D eigenvalue weighted by molar-refractivity contribution is -0.129. The van der Waals surface area contributed by atoms with Crippen molar-refractivity contribution in [2.45, 2.75) is 24.7 Å². The fraction of sp³-hybridized carbons (Fsp3) is 0.333. The molecular weight excluding hydrogens is 494 g/mol. The highest BCUT2D eigenvalue weighted by Crippen LogP contribution is 2.52. The molecule has 4 nitrogen and oxygen atoms in total. The van der Waals surface area contributed by atoms with Gasteiger partial charge in [0.2, 0.25) is 5.91 Å². The lowest BCUT2D eigenvalue weighted by Gasteiger charge is -2.45. The Hall–Kier alpha value is -3.25. The number of nitrogens with zero attached hydrogens (tertiary/aromatic N) is 2. The predicted molar refractivity (Wildman–Crippen MR) is 143 cm³/mol. The second-order valence-corrected chi connectivity index (χ2v) is 10.2. The summed E-state index contributed by atoms with van der Waals surface area (Å²) in [5, 5.41) is 0. The number of rotatable bonds is 5. The van der Waals surface area contributed by atoms with E-state index >= 15 is 0 Å². The van der Waals surface area contributed by atoms with Crippen LogP contribution in [0.2, 0.25) is 0 Å². The molecule has 2 aliphatic rings. The Balaban J connectivity index is 0.00000320. The summed E-state index contributed by atoms with van der Waals surface area (Å²) in [6, 6.07) is 20.6. The predicted octanol–water partition coefficient (Wildman–Crippen LogP) is 5.42. The highest BCUT2D eigenvalue weighted by Gasteiger charge is 2.55. The first-order valence-electron chi connectivity index (χ1n) is 12.4. The zero-order chi connectivity index (χ0) is 25.4. The average molecular weight is 525 g/mol. The number of amides is 1. The molecule has 0 spiro atoms.